The number of anilines is 1. The van der Waals surface area contributed by atoms with E-state index in [2.05, 4.69) is 27.3 Å². The number of rotatable bonds is 8. The number of hydrogen-bond donors (Lipinski definition) is 1. The summed E-state index contributed by atoms with van der Waals surface area (Å²) in [6.07, 6.45) is 6.92. The number of nitrogens with zero attached hydrogens (tertiary/aromatic N) is 2. The van der Waals surface area contributed by atoms with Gasteiger partial charge >= 0.3 is 0 Å². The lowest BCUT2D eigenvalue weighted by atomic mass is 9.80. The summed E-state index contributed by atoms with van der Waals surface area (Å²) in [6.45, 7) is 8.93. The third-order valence-corrected chi connectivity index (χ3v) is 8.71. The van der Waals surface area contributed by atoms with E-state index in [1.165, 1.54) is 0 Å². The van der Waals surface area contributed by atoms with Gasteiger partial charge in [-0.25, -0.2) is 13.4 Å². The van der Waals surface area contributed by atoms with E-state index in [4.69, 9.17) is 9.47 Å². The highest BCUT2D eigenvalue weighted by molar-refractivity contribution is 7.91. The second-order valence-electron chi connectivity index (χ2n) is 9.33. The van der Waals surface area contributed by atoms with E-state index in [0.29, 0.717) is 11.5 Å². The van der Waals surface area contributed by atoms with Gasteiger partial charge in [-0.2, -0.15) is 0 Å². The quantitative estimate of drug-likeness (QED) is 0.558. The fourth-order valence-electron chi connectivity index (χ4n) is 5.07. The number of pyridine rings is 1. The van der Waals surface area contributed by atoms with Crippen molar-refractivity contribution >= 4 is 21.2 Å². The lowest BCUT2D eigenvalue weighted by molar-refractivity contribution is 0.0341. The van der Waals surface area contributed by atoms with Gasteiger partial charge < -0.3 is 14.8 Å². The molecule has 5 rings (SSSR count). The van der Waals surface area contributed by atoms with Crippen LogP contribution >= 0.6 is 0 Å². The number of sulfone groups is 1. The van der Waals surface area contributed by atoms with Crippen molar-refractivity contribution in [3.63, 3.8) is 0 Å². The first-order valence-electron chi connectivity index (χ1n) is 12.4. The second kappa shape index (κ2) is 10.1. The summed E-state index contributed by atoms with van der Waals surface area (Å²) in [5.74, 6) is 1.83. The fourth-order valence-corrected chi connectivity index (χ4v) is 6.00. The number of benzene rings is 1. The van der Waals surface area contributed by atoms with E-state index in [0.717, 1.165) is 73.1 Å². The summed E-state index contributed by atoms with van der Waals surface area (Å²) in [4.78, 5) is 7.41. The maximum absolute atomic E-state index is 12.5. The first-order chi connectivity index (χ1) is 17.0. The molecule has 0 saturated carbocycles. The van der Waals surface area contributed by atoms with Gasteiger partial charge in [0.25, 0.3) is 0 Å². The van der Waals surface area contributed by atoms with Gasteiger partial charge in [-0.3, -0.25) is 4.90 Å². The Morgan fingerprint density at radius 1 is 1.20 bits per heavy atom. The topological polar surface area (TPSA) is 80.8 Å². The van der Waals surface area contributed by atoms with E-state index >= 15 is 0 Å². The smallest absolute Gasteiger partial charge is 0.178 e. The van der Waals surface area contributed by atoms with Gasteiger partial charge in [0.1, 0.15) is 11.6 Å². The maximum atomic E-state index is 12.5. The minimum absolute atomic E-state index is 0.00350. The Hall–Kier alpha value is -2.68. The summed E-state index contributed by atoms with van der Waals surface area (Å²) in [7, 11) is -3.29. The predicted molar refractivity (Wildman–Crippen MR) is 137 cm³/mol. The molecule has 3 aliphatic rings. The van der Waals surface area contributed by atoms with E-state index in [9.17, 15) is 8.42 Å². The molecule has 1 aromatic heterocycles. The number of fused-ring (bicyclic) bond motifs is 3. The minimum atomic E-state index is -3.29. The molecular formula is C27H33N3O4S. The molecule has 186 valence electrons. The molecule has 2 aromatic rings. The monoisotopic (exact) mass is 495 g/mol. The molecule has 7 nitrogen and oxygen atoms in total. The molecule has 1 fully saturated rings. The summed E-state index contributed by atoms with van der Waals surface area (Å²) in [5, 5.41) is 3.57. The lowest BCUT2D eigenvalue weighted by Gasteiger charge is -2.30. The molecule has 0 radical (unpaired) electrons. The molecule has 1 aromatic carbocycles. The Labute approximate surface area is 207 Å². The normalized spacial score (nSPS) is 22.0. The van der Waals surface area contributed by atoms with Crippen molar-refractivity contribution in [2.24, 2.45) is 0 Å². The van der Waals surface area contributed by atoms with Crippen molar-refractivity contribution in [3.05, 3.63) is 71.1 Å². The van der Waals surface area contributed by atoms with Gasteiger partial charge in [0.15, 0.2) is 9.84 Å². The van der Waals surface area contributed by atoms with Crippen LogP contribution in [0.25, 0.3) is 5.57 Å². The molecule has 2 unspecified atom stereocenters. The molecule has 3 heterocycles. The zero-order chi connectivity index (χ0) is 24.4. The van der Waals surface area contributed by atoms with E-state index < -0.39 is 9.84 Å². The molecule has 1 N–H and O–H groups in total. The fraction of sp³-hybridized carbons (Fsp3) is 0.444. The van der Waals surface area contributed by atoms with Gasteiger partial charge in [-0.05, 0) is 48.3 Å². The number of nitrogens with one attached hydrogen (secondary N) is 1. The van der Waals surface area contributed by atoms with Gasteiger partial charge in [0.05, 0.1) is 36.5 Å². The molecule has 0 bridgehead atoms. The van der Waals surface area contributed by atoms with Crippen molar-refractivity contribution in [1.29, 1.82) is 0 Å². The van der Waals surface area contributed by atoms with Crippen LogP contribution in [-0.2, 0) is 19.3 Å². The van der Waals surface area contributed by atoms with Crippen LogP contribution in [0, 0.1) is 6.92 Å². The number of ether oxygens (including phenoxy) is 2. The van der Waals surface area contributed by atoms with E-state index in [1.807, 2.05) is 31.3 Å². The highest BCUT2D eigenvalue weighted by Crippen LogP contribution is 2.48. The van der Waals surface area contributed by atoms with Crippen molar-refractivity contribution in [3.8, 4) is 0 Å². The first-order valence-corrected chi connectivity index (χ1v) is 14.0. The third-order valence-electron chi connectivity index (χ3n) is 6.98. The Kier molecular flexibility index (Phi) is 6.95. The average molecular weight is 496 g/mol. The number of morpholine rings is 1. The Morgan fingerprint density at radius 2 is 2.03 bits per heavy atom. The SMILES string of the molecule is CCS(=O)(=O)c1cccc(C2=CC=C(OCCCN3CCOCC3)C3Nc4ncc(C)cc4C23)c1. The number of hydrogen-bond acceptors (Lipinski definition) is 7. The summed E-state index contributed by atoms with van der Waals surface area (Å²) in [6, 6.07) is 9.38. The zero-order valence-electron chi connectivity index (χ0n) is 20.4. The molecule has 35 heavy (non-hydrogen) atoms. The van der Waals surface area contributed by atoms with Gasteiger partial charge in [0, 0.05) is 37.3 Å². The first kappa shape index (κ1) is 24.0. The van der Waals surface area contributed by atoms with E-state index in [-0.39, 0.29) is 17.7 Å². The number of allylic oxidation sites excluding steroid dienone is 2. The molecule has 1 saturated heterocycles. The van der Waals surface area contributed by atoms with E-state index in [1.54, 1.807) is 19.1 Å². The molecular weight excluding hydrogens is 462 g/mol. The molecule has 8 heteroatoms. The molecule has 2 aliphatic heterocycles. The van der Waals surface area contributed by atoms with Crippen LogP contribution < -0.4 is 5.32 Å². The number of aryl methyl sites for hydroxylation is 1. The average Bonchev–Trinajstić information content (AvgIpc) is 3.26. The van der Waals surface area contributed by atoms with Gasteiger partial charge in [-0.15, -0.1) is 0 Å². The van der Waals surface area contributed by atoms with Gasteiger partial charge in [0.2, 0.25) is 0 Å². The third kappa shape index (κ3) is 5.01. The Morgan fingerprint density at radius 3 is 2.83 bits per heavy atom. The summed E-state index contributed by atoms with van der Waals surface area (Å²) >= 11 is 0. The van der Waals surface area contributed by atoms with Crippen LogP contribution in [-0.4, -0.2) is 69.6 Å². The maximum Gasteiger partial charge on any atom is 0.178 e. The van der Waals surface area contributed by atoms with Crippen LogP contribution in [0.2, 0.25) is 0 Å². The molecule has 0 spiro atoms. The minimum Gasteiger partial charge on any atom is -0.496 e. The van der Waals surface area contributed by atoms with Crippen LogP contribution in [0.5, 0.6) is 0 Å². The molecule has 0 amide bonds. The lowest BCUT2D eigenvalue weighted by Crippen LogP contribution is -2.37. The van der Waals surface area contributed by atoms with Crippen LogP contribution in [0.1, 0.15) is 36.0 Å². The highest BCUT2D eigenvalue weighted by atomic mass is 32.2. The Balaban J connectivity index is 1.41. The standard InChI is InChI=1S/C27H33N3O4S/c1-3-35(31,32)21-7-4-6-20(17-21)22-8-9-24(34-13-5-10-30-11-14-33-15-12-30)26-25(22)23-16-19(2)18-28-27(23)29-26/h4,6-9,16-18,25-26H,3,5,10-15H2,1-2H3,(H,28,29). The van der Waals surface area contributed by atoms with Crippen LogP contribution in [0.3, 0.4) is 0 Å². The Bertz CT molecular complexity index is 1250. The van der Waals surface area contributed by atoms with Crippen molar-refractivity contribution < 1.29 is 17.9 Å². The zero-order valence-corrected chi connectivity index (χ0v) is 21.2. The predicted octanol–water partition coefficient (Wildman–Crippen LogP) is 3.78. The largest absolute Gasteiger partial charge is 0.496 e. The van der Waals surface area contributed by atoms with Gasteiger partial charge in [-0.1, -0.05) is 31.2 Å². The molecule has 2 atom stereocenters. The molecule has 1 aliphatic carbocycles. The second-order valence-corrected chi connectivity index (χ2v) is 11.6. The van der Waals surface area contributed by atoms with Crippen molar-refractivity contribution in [2.45, 2.75) is 37.1 Å². The van der Waals surface area contributed by atoms with Crippen molar-refractivity contribution in [2.75, 3.05) is 50.5 Å². The van der Waals surface area contributed by atoms with Crippen molar-refractivity contribution in [1.82, 2.24) is 9.88 Å². The number of aromatic nitrogens is 1. The van der Waals surface area contributed by atoms with Crippen LogP contribution in [0.4, 0.5) is 5.82 Å². The summed E-state index contributed by atoms with van der Waals surface area (Å²) in [5.41, 5.74) is 4.19. The summed E-state index contributed by atoms with van der Waals surface area (Å²) < 4.78 is 36.8. The highest BCUT2D eigenvalue weighted by Gasteiger charge is 2.41. The van der Waals surface area contributed by atoms with Crippen LogP contribution in [0.15, 0.2) is 59.3 Å².